The SMILES string of the molecule is CC/C(=N\NS(=O)(=O)c1ccc(C)c([N+](=O)[O-])c1)c1ccc(F)cc1. The Bertz CT molecular complexity index is 925. The molecule has 0 fully saturated rings. The van der Waals surface area contributed by atoms with Crippen molar-refractivity contribution in [3.8, 4) is 0 Å². The average Bonchev–Trinajstić information content (AvgIpc) is 2.56. The minimum Gasteiger partial charge on any atom is -0.258 e. The fraction of sp³-hybridized carbons (Fsp3) is 0.188. The van der Waals surface area contributed by atoms with Crippen LogP contribution in [0.4, 0.5) is 10.1 Å². The third-order valence-electron chi connectivity index (χ3n) is 3.50. The summed E-state index contributed by atoms with van der Waals surface area (Å²) in [5.74, 6) is -0.410. The van der Waals surface area contributed by atoms with Crippen molar-refractivity contribution in [3.05, 3.63) is 69.5 Å². The van der Waals surface area contributed by atoms with Gasteiger partial charge in [-0.3, -0.25) is 10.1 Å². The first-order valence-corrected chi connectivity index (χ1v) is 8.82. The molecule has 7 nitrogen and oxygen atoms in total. The van der Waals surface area contributed by atoms with Crippen LogP contribution in [0.1, 0.15) is 24.5 Å². The number of rotatable bonds is 6. The van der Waals surface area contributed by atoms with Gasteiger partial charge in [0.2, 0.25) is 0 Å². The lowest BCUT2D eigenvalue weighted by atomic mass is 10.1. The summed E-state index contributed by atoms with van der Waals surface area (Å²) < 4.78 is 37.6. The third kappa shape index (κ3) is 4.38. The van der Waals surface area contributed by atoms with Crippen LogP contribution in [0.15, 0.2) is 52.5 Å². The molecule has 25 heavy (non-hydrogen) atoms. The summed E-state index contributed by atoms with van der Waals surface area (Å²) in [4.78, 5) is 12.1. The molecule has 2 rings (SSSR count). The predicted octanol–water partition coefficient (Wildman–Crippen LogP) is 3.13. The average molecular weight is 365 g/mol. The van der Waals surface area contributed by atoms with Crippen molar-refractivity contribution in [1.29, 1.82) is 0 Å². The maximum absolute atomic E-state index is 13.0. The molecule has 0 aliphatic carbocycles. The lowest BCUT2D eigenvalue weighted by Crippen LogP contribution is -2.20. The van der Waals surface area contributed by atoms with Gasteiger partial charge < -0.3 is 0 Å². The molecule has 0 spiro atoms. The molecule has 0 bridgehead atoms. The van der Waals surface area contributed by atoms with Gasteiger partial charge in [0.05, 0.1) is 15.5 Å². The first-order valence-electron chi connectivity index (χ1n) is 7.34. The lowest BCUT2D eigenvalue weighted by molar-refractivity contribution is -0.385. The lowest BCUT2D eigenvalue weighted by Gasteiger charge is -2.08. The van der Waals surface area contributed by atoms with Gasteiger partial charge in [-0.25, -0.2) is 4.39 Å². The number of sulfonamides is 1. The van der Waals surface area contributed by atoms with Crippen LogP contribution in [0.3, 0.4) is 0 Å². The van der Waals surface area contributed by atoms with Crippen LogP contribution in [0.2, 0.25) is 0 Å². The molecular formula is C16H16FN3O4S. The number of hydrogen-bond acceptors (Lipinski definition) is 5. The van der Waals surface area contributed by atoms with E-state index in [2.05, 4.69) is 9.93 Å². The Labute approximate surface area is 144 Å². The molecule has 9 heteroatoms. The van der Waals surface area contributed by atoms with Gasteiger partial charge in [0.25, 0.3) is 15.7 Å². The molecule has 1 N–H and O–H groups in total. The number of hydrogen-bond donors (Lipinski definition) is 1. The van der Waals surface area contributed by atoms with E-state index < -0.39 is 20.8 Å². The van der Waals surface area contributed by atoms with Crippen LogP contribution < -0.4 is 4.83 Å². The molecular weight excluding hydrogens is 349 g/mol. The Kier molecular flexibility index (Phi) is 5.48. The molecule has 0 aliphatic heterocycles. The molecule has 0 radical (unpaired) electrons. The zero-order chi connectivity index (χ0) is 18.6. The summed E-state index contributed by atoms with van der Waals surface area (Å²) in [7, 11) is -4.07. The third-order valence-corrected chi connectivity index (χ3v) is 4.71. The minimum atomic E-state index is -4.07. The maximum atomic E-state index is 13.0. The molecule has 0 aromatic heterocycles. The Hall–Kier alpha value is -2.81. The van der Waals surface area contributed by atoms with E-state index in [1.54, 1.807) is 6.92 Å². The van der Waals surface area contributed by atoms with Gasteiger partial charge in [-0.1, -0.05) is 25.1 Å². The Morgan fingerprint density at radius 3 is 2.44 bits per heavy atom. The van der Waals surface area contributed by atoms with E-state index in [0.29, 0.717) is 23.3 Å². The normalized spacial score (nSPS) is 12.0. The smallest absolute Gasteiger partial charge is 0.258 e. The van der Waals surface area contributed by atoms with Crippen LogP contribution in [0, 0.1) is 22.9 Å². The number of nitrogens with zero attached hydrogens (tertiary/aromatic N) is 2. The van der Waals surface area contributed by atoms with Crippen molar-refractivity contribution >= 4 is 21.4 Å². The number of aryl methyl sites for hydroxylation is 1. The van der Waals surface area contributed by atoms with Gasteiger partial charge in [-0.05, 0) is 37.1 Å². The number of nitrogens with one attached hydrogen (secondary N) is 1. The molecule has 0 amide bonds. The maximum Gasteiger partial charge on any atom is 0.276 e. The van der Waals surface area contributed by atoms with Gasteiger partial charge in [-0.15, -0.1) is 0 Å². The van der Waals surface area contributed by atoms with E-state index in [9.17, 15) is 22.9 Å². The molecule has 0 unspecified atom stereocenters. The number of benzene rings is 2. The molecule has 0 aliphatic rings. The van der Waals surface area contributed by atoms with E-state index in [1.165, 1.54) is 43.3 Å². The fourth-order valence-electron chi connectivity index (χ4n) is 2.11. The highest BCUT2D eigenvalue weighted by Gasteiger charge is 2.19. The van der Waals surface area contributed by atoms with Crippen molar-refractivity contribution in [3.63, 3.8) is 0 Å². The zero-order valence-corrected chi connectivity index (χ0v) is 14.4. The summed E-state index contributed by atoms with van der Waals surface area (Å²) in [5.41, 5.74) is 1.04. The van der Waals surface area contributed by atoms with Gasteiger partial charge in [0.15, 0.2) is 0 Å². The number of hydrazone groups is 1. The molecule has 0 saturated carbocycles. The van der Waals surface area contributed by atoms with E-state index in [-0.39, 0.29) is 10.6 Å². The standard InChI is InChI=1S/C16H16FN3O4S/c1-3-15(12-5-7-13(17)8-6-12)18-19-25(23,24)14-9-4-11(2)16(10-14)20(21)22/h4-10,19H,3H2,1-2H3/b18-15+. The Morgan fingerprint density at radius 2 is 1.88 bits per heavy atom. The highest BCUT2D eigenvalue weighted by molar-refractivity contribution is 7.89. The molecule has 0 saturated heterocycles. The predicted molar refractivity (Wildman–Crippen MR) is 91.4 cm³/mol. The largest absolute Gasteiger partial charge is 0.276 e. The first kappa shape index (κ1) is 18.5. The minimum absolute atomic E-state index is 0.261. The summed E-state index contributed by atoms with van der Waals surface area (Å²) in [6.07, 6.45) is 0.405. The second-order valence-corrected chi connectivity index (χ2v) is 6.88. The number of nitro benzene ring substituents is 1. The summed E-state index contributed by atoms with van der Waals surface area (Å²) in [6.45, 7) is 3.29. The van der Waals surface area contributed by atoms with Gasteiger partial charge in [0.1, 0.15) is 5.82 Å². The van der Waals surface area contributed by atoms with Crippen molar-refractivity contribution < 1.29 is 17.7 Å². The molecule has 2 aromatic rings. The van der Waals surface area contributed by atoms with Crippen molar-refractivity contribution in [2.45, 2.75) is 25.2 Å². The zero-order valence-electron chi connectivity index (χ0n) is 13.6. The van der Waals surface area contributed by atoms with Crippen molar-refractivity contribution in [2.75, 3.05) is 0 Å². The fourth-order valence-corrected chi connectivity index (χ4v) is 2.96. The van der Waals surface area contributed by atoms with Crippen LogP contribution in [0.25, 0.3) is 0 Å². The van der Waals surface area contributed by atoms with E-state index in [1.807, 2.05) is 0 Å². The van der Waals surface area contributed by atoms with Gasteiger partial charge >= 0.3 is 0 Å². The molecule has 2 aromatic carbocycles. The van der Waals surface area contributed by atoms with Crippen LogP contribution in [-0.2, 0) is 10.0 Å². The topological polar surface area (TPSA) is 102 Å². The Morgan fingerprint density at radius 1 is 1.24 bits per heavy atom. The summed E-state index contributed by atoms with van der Waals surface area (Å²) in [6, 6.07) is 9.08. The van der Waals surface area contributed by atoms with E-state index in [0.717, 1.165) is 6.07 Å². The first-order chi connectivity index (χ1) is 11.7. The van der Waals surface area contributed by atoms with Gasteiger partial charge in [-0.2, -0.15) is 18.4 Å². The van der Waals surface area contributed by atoms with Crippen molar-refractivity contribution in [2.24, 2.45) is 5.10 Å². The quantitative estimate of drug-likeness (QED) is 0.483. The Balaban J connectivity index is 2.33. The van der Waals surface area contributed by atoms with Gasteiger partial charge in [0, 0.05) is 11.6 Å². The van der Waals surface area contributed by atoms with E-state index >= 15 is 0 Å². The van der Waals surface area contributed by atoms with Crippen LogP contribution in [-0.4, -0.2) is 19.1 Å². The second kappa shape index (κ2) is 7.39. The van der Waals surface area contributed by atoms with E-state index in [4.69, 9.17) is 0 Å². The number of halogens is 1. The molecule has 132 valence electrons. The molecule has 0 atom stereocenters. The summed E-state index contributed by atoms with van der Waals surface area (Å²) in [5, 5.41) is 14.8. The molecule has 0 heterocycles. The second-order valence-electron chi connectivity index (χ2n) is 5.22. The van der Waals surface area contributed by atoms with Crippen molar-refractivity contribution in [1.82, 2.24) is 4.83 Å². The number of nitro groups is 1. The highest BCUT2D eigenvalue weighted by Crippen LogP contribution is 2.22. The summed E-state index contributed by atoms with van der Waals surface area (Å²) >= 11 is 0. The highest BCUT2D eigenvalue weighted by atomic mass is 32.2. The van der Waals surface area contributed by atoms with Crippen LogP contribution >= 0.6 is 0 Å². The monoisotopic (exact) mass is 365 g/mol. The van der Waals surface area contributed by atoms with Crippen LogP contribution in [0.5, 0.6) is 0 Å².